The van der Waals surface area contributed by atoms with Crippen molar-refractivity contribution in [3.8, 4) is 0 Å². The van der Waals surface area contributed by atoms with Crippen LogP contribution in [0.2, 0.25) is 0 Å². The van der Waals surface area contributed by atoms with Gasteiger partial charge in [0.2, 0.25) is 10.4 Å². The summed E-state index contributed by atoms with van der Waals surface area (Å²) in [4.78, 5) is 0. The average Bonchev–Trinajstić information content (AvgIpc) is 3.38. The van der Waals surface area contributed by atoms with Crippen LogP contribution in [0.4, 0.5) is 0 Å². The maximum absolute atomic E-state index is 12.5. The van der Waals surface area contributed by atoms with E-state index in [1.54, 1.807) is 0 Å². The Kier molecular flexibility index (Phi) is 10.2. The zero-order valence-corrected chi connectivity index (χ0v) is 28.0. The summed E-state index contributed by atoms with van der Waals surface area (Å²) >= 11 is 0. The molecular formula is C32H55O12S-. The van der Waals surface area contributed by atoms with E-state index in [4.69, 9.17) is 9.47 Å². The molecule has 1 aliphatic heterocycles. The molecule has 1 saturated heterocycles. The number of hydrogen-bond acceptors (Lipinski definition) is 12. The monoisotopic (exact) mass is 663 g/mol. The fourth-order valence-electron chi connectivity index (χ4n) is 11.0. The minimum atomic E-state index is -5.15. The highest BCUT2D eigenvalue weighted by Gasteiger charge is 2.70. The van der Waals surface area contributed by atoms with Crippen LogP contribution < -0.4 is 0 Å². The molecule has 5 fully saturated rings. The molecule has 1 heterocycles. The van der Waals surface area contributed by atoms with Gasteiger partial charge in [-0.25, -0.2) is 8.42 Å². The van der Waals surface area contributed by atoms with E-state index in [1.165, 1.54) is 0 Å². The summed E-state index contributed by atoms with van der Waals surface area (Å²) in [6.07, 6.45) is -2.34. The van der Waals surface area contributed by atoms with Crippen molar-refractivity contribution in [2.45, 2.75) is 147 Å². The number of ether oxygens (including phenoxy) is 2. The zero-order chi connectivity index (χ0) is 33.3. The first-order valence-corrected chi connectivity index (χ1v) is 18.2. The summed E-state index contributed by atoms with van der Waals surface area (Å²) in [7, 11) is -5.15. The lowest BCUT2D eigenvalue weighted by Gasteiger charge is -2.66. The van der Waals surface area contributed by atoms with Gasteiger partial charge >= 0.3 is 0 Å². The van der Waals surface area contributed by atoms with Crippen molar-refractivity contribution in [2.75, 3.05) is 6.61 Å². The molecule has 0 aromatic heterocycles. The third kappa shape index (κ3) is 6.38. The van der Waals surface area contributed by atoms with Crippen LogP contribution in [0.25, 0.3) is 0 Å². The molecule has 262 valence electrons. The van der Waals surface area contributed by atoms with Gasteiger partial charge in [0.1, 0.15) is 18.3 Å². The van der Waals surface area contributed by atoms with Crippen molar-refractivity contribution in [3.05, 3.63) is 0 Å². The zero-order valence-electron chi connectivity index (χ0n) is 27.2. The van der Waals surface area contributed by atoms with E-state index in [2.05, 4.69) is 25.0 Å². The Hall–Kier alpha value is -0.450. The van der Waals surface area contributed by atoms with Crippen molar-refractivity contribution in [1.29, 1.82) is 0 Å². The van der Waals surface area contributed by atoms with E-state index in [0.717, 1.165) is 19.3 Å². The first-order chi connectivity index (χ1) is 20.9. The van der Waals surface area contributed by atoms with Gasteiger partial charge in [0.15, 0.2) is 6.29 Å². The standard InChI is InChI=1S/C32H56O12S/c1-16(2)23(42-29-26(37)27(24(15-33)43-29)44-45(39,40)41)7-6-17(3)19-13-21(35)28-31(19,5)11-9-25-30(4)10-8-18(34)12-20(30)22(36)14-32(25,28)38/h16-29,33-38H,6-15H2,1-5H3,(H,39,40,41)/p-1/t17-,18+,19-,20-,21+,22+,23+,24+,25-,26-,27+,28-,29-,30+,31-,32+/m1/s1. The van der Waals surface area contributed by atoms with Gasteiger partial charge in [-0.2, -0.15) is 0 Å². The first kappa shape index (κ1) is 35.8. The molecule has 0 unspecified atom stereocenters. The normalized spacial score (nSPS) is 49.8. The second kappa shape index (κ2) is 12.8. The second-order valence-electron chi connectivity index (χ2n) is 15.9. The van der Waals surface area contributed by atoms with Crippen LogP contribution in [0.5, 0.6) is 0 Å². The van der Waals surface area contributed by atoms with E-state index < -0.39 is 71.6 Å². The molecule has 5 aliphatic rings. The van der Waals surface area contributed by atoms with E-state index in [9.17, 15) is 43.6 Å². The number of aliphatic hydroxyl groups is 6. The molecule has 45 heavy (non-hydrogen) atoms. The predicted octanol–water partition coefficient (Wildman–Crippen LogP) is 1.44. The van der Waals surface area contributed by atoms with Crippen molar-refractivity contribution in [3.63, 3.8) is 0 Å². The van der Waals surface area contributed by atoms with Gasteiger partial charge in [0, 0.05) is 12.3 Å². The lowest BCUT2D eigenvalue weighted by molar-refractivity contribution is -0.263. The van der Waals surface area contributed by atoms with Crippen LogP contribution in [0.1, 0.15) is 92.4 Å². The van der Waals surface area contributed by atoms with Crippen LogP contribution in [-0.4, -0.2) is 105 Å². The third-order valence-electron chi connectivity index (χ3n) is 13.1. The smallest absolute Gasteiger partial charge is 0.218 e. The summed E-state index contributed by atoms with van der Waals surface area (Å²) in [5, 5.41) is 66.1. The highest BCUT2D eigenvalue weighted by Crippen LogP contribution is 2.69. The van der Waals surface area contributed by atoms with Gasteiger partial charge in [-0.1, -0.05) is 34.6 Å². The van der Waals surface area contributed by atoms with Crippen LogP contribution >= 0.6 is 0 Å². The fraction of sp³-hybridized carbons (Fsp3) is 1.00. The van der Waals surface area contributed by atoms with Gasteiger partial charge in [-0.3, -0.25) is 4.18 Å². The maximum Gasteiger partial charge on any atom is 0.218 e. The minimum Gasteiger partial charge on any atom is -0.726 e. The van der Waals surface area contributed by atoms with Gasteiger partial charge in [0.05, 0.1) is 36.6 Å². The summed E-state index contributed by atoms with van der Waals surface area (Å²) in [5.74, 6) is -0.265. The first-order valence-electron chi connectivity index (χ1n) is 16.9. The number of aliphatic hydroxyl groups excluding tert-OH is 5. The Morgan fingerprint density at radius 3 is 2.27 bits per heavy atom. The molecular weight excluding hydrogens is 608 g/mol. The molecule has 12 nitrogen and oxygen atoms in total. The Morgan fingerprint density at radius 2 is 1.64 bits per heavy atom. The molecule has 0 bridgehead atoms. The van der Waals surface area contributed by atoms with Gasteiger partial charge < -0.3 is 44.7 Å². The Bertz CT molecular complexity index is 1150. The molecule has 0 radical (unpaired) electrons. The maximum atomic E-state index is 12.5. The Balaban J connectivity index is 1.27. The molecule has 6 N–H and O–H groups in total. The van der Waals surface area contributed by atoms with Gasteiger partial charge in [0.25, 0.3) is 0 Å². The summed E-state index contributed by atoms with van der Waals surface area (Å²) in [6.45, 7) is 9.75. The molecule has 5 rings (SSSR count). The molecule has 0 aromatic carbocycles. The highest BCUT2D eigenvalue weighted by atomic mass is 32.3. The summed E-state index contributed by atoms with van der Waals surface area (Å²) in [6, 6.07) is 0. The summed E-state index contributed by atoms with van der Waals surface area (Å²) in [5.41, 5.74) is -1.85. The summed E-state index contributed by atoms with van der Waals surface area (Å²) < 4.78 is 49.6. The van der Waals surface area contributed by atoms with E-state index in [0.29, 0.717) is 32.1 Å². The van der Waals surface area contributed by atoms with Crippen LogP contribution in [0, 0.1) is 46.3 Å². The number of rotatable bonds is 10. The van der Waals surface area contributed by atoms with E-state index in [1.807, 2.05) is 13.8 Å². The molecule has 4 saturated carbocycles. The van der Waals surface area contributed by atoms with Gasteiger partial charge in [-0.05, 0) is 91.8 Å². The molecule has 0 amide bonds. The lowest BCUT2D eigenvalue weighted by Crippen LogP contribution is -2.68. The molecule has 16 atom stereocenters. The van der Waals surface area contributed by atoms with Gasteiger partial charge in [-0.15, -0.1) is 0 Å². The average molecular weight is 664 g/mol. The van der Waals surface area contributed by atoms with Crippen LogP contribution in [-0.2, 0) is 24.1 Å². The van der Waals surface area contributed by atoms with Crippen molar-refractivity contribution in [1.82, 2.24) is 0 Å². The Morgan fingerprint density at radius 1 is 0.978 bits per heavy atom. The lowest BCUT2D eigenvalue weighted by atomic mass is 9.42. The van der Waals surface area contributed by atoms with E-state index >= 15 is 0 Å². The topological polar surface area (TPSA) is 206 Å². The Labute approximate surface area is 267 Å². The molecule has 4 aliphatic carbocycles. The number of hydrogen-bond donors (Lipinski definition) is 6. The van der Waals surface area contributed by atoms with Crippen molar-refractivity contribution in [2.24, 2.45) is 46.3 Å². The predicted molar refractivity (Wildman–Crippen MR) is 160 cm³/mol. The van der Waals surface area contributed by atoms with E-state index in [-0.39, 0.29) is 52.8 Å². The SMILES string of the molecule is CC(C)[C@H](CC[C@@H](C)[C@H]1C[C@H](O)[C@@H]2[C@]1(C)CC[C@@H]1[C@@]3(C)CC[C@H](O)C[C@@H]3[C@@H](O)C[C@]12O)O[C@@H]1O[C@@H](CO)[C@H](OS(=O)(=O)[O-])[C@H]1O. The van der Waals surface area contributed by atoms with Crippen LogP contribution in [0.15, 0.2) is 0 Å². The molecule has 0 aromatic rings. The minimum absolute atomic E-state index is 0.0103. The van der Waals surface area contributed by atoms with Crippen molar-refractivity contribution < 1.29 is 57.3 Å². The van der Waals surface area contributed by atoms with Crippen LogP contribution in [0.3, 0.4) is 0 Å². The largest absolute Gasteiger partial charge is 0.726 e. The second-order valence-corrected chi connectivity index (χ2v) is 17.0. The molecule has 0 spiro atoms. The fourth-order valence-corrected chi connectivity index (χ4v) is 11.5. The third-order valence-corrected chi connectivity index (χ3v) is 13.5. The quantitative estimate of drug-likeness (QED) is 0.145. The van der Waals surface area contributed by atoms with Crippen molar-refractivity contribution >= 4 is 10.4 Å². The number of fused-ring (bicyclic) bond motifs is 5. The highest BCUT2D eigenvalue weighted by molar-refractivity contribution is 7.80. The molecule has 13 heteroatoms.